The number of aromatic carboxylic acids is 1. The molecule has 104 valence electrons. The summed E-state index contributed by atoms with van der Waals surface area (Å²) in [6.45, 7) is 0. The lowest BCUT2D eigenvalue weighted by atomic mass is 10.0. The Hall–Kier alpha value is -2.33. The second kappa shape index (κ2) is 4.74. The molecule has 1 rings (SSSR count). The molecule has 0 aromatic carbocycles. The number of nitro groups is 1. The van der Waals surface area contributed by atoms with Crippen molar-refractivity contribution in [2.45, 2.75) is 12.6 Å². The largest absolute Gasteiger partial charge is 0.476 e. The van der Waals surface area contributed by atoms with Crippen LogP contribution in [0.2, 0.25) is 0 Å². The average molecular weight is 286 g/mol. The highest BCUT2D eigenvalue weighted by molar-refractivity contribution is 5.88. The predicted molar refractivity (Wildman–Crippen MR) is 47.8 cm³/mol. The number of rotatable bonds is 3. The lowest BCUT2D eigenvalue weighted by Gasteiger charge is -2.14. The molecular formula is C8H3F5N2O4. The third-order valence-corrected chi connectivity index (χ3v) is 2.00. The van der Waals surface area contributed by atoms with Gasteiger partial charge in [-0.05, 0) is 0 Å². The van der Waals surface area contributed by atoms with E-state index in [9.17, 15) is 36.9 Å². The van der Waals surface area contributed by atoms with E-state index >= 15 is 0 Å². The number of pyridine rings is 1. The average Bonchev–Trinajstić information content (AvgIpc) is 2.25. The van der Waals surface area contributed by atoms with Gasteiger partial charge < -0.3 is 5.11 Å². The van der Waals surface area contributed by atoms with E-state index in [0.717, 1.165) is 0 Å². The van der Waals surface area contributed by atoms with E-state index in [1.807, 2.05) is 0 Å². The van der Waals surface area contributed by atoms with E-state index < -0.39 is 46.0 Å². The van der Waals surface area contributed by atoms with Gasteiger partial charge in [0.2, 0.25) is 0 Å². The summed E-state index contributed by atoms with van der Waals surface area (Å²) in [5.74, 6) is -2.22. The summed E-state index contributed by atoms with van der Waals surface area (Å²) in [5, 5.41) is 18.9. The van der Waals surface area contributed by atoms with Crippen LogP contribution in [0.3, 0.4) is 0 Å². The lowest BCUT2D eigenvalue weighted by Crippen LogP contribution is -2.19. The fourth-order valence-corrected chi connectivity index (χ4v) is 1.33. The molecule has 6 nitrogen and oxygen atoms in total. The molecule has 0 saturated heterocycles. The molecule has 0 saturated carbocycles. The molecule has 1 heterocycles. The molecule has 1 aromatic rings. The first-order valence-corrected chi connectivity index (χ1v) is 4.33. The monoisotopic (exact) mass is 286 g/mol. The van der Waals surface area contributed by atoms with Gasteiger partial charge in [0.1, 0.15) is 17.3 Å². The number of hydrogen-bond donors (Lipinski definition) is 1. The van der Waals surface area contributed by atoms with E-state index in [4.69, 9.17) is 5.11 Å². The van der Waals surface area contributed by atoms with Gasteiger partial charge in [-0.25, -0.2) is 18.6 Å². The zero-order valence-corrected chi connectivity index (χ0v) is 8.61. The summed E-state index contributed by atoms with van der Waals surface area (Å²) in [7, 11) is 0. The van der Waals surface area contributed by atoms with Crippen LogP contribution in [0.4, 0.5) is 27.6 Å². The first-order chi connectivity index (χ1) is 8.57. The van der Waals surface area contributed by atoms with Crippen LogP contribution in [0.15, 0.2) is 6.20 Å². The molecule has 0 unspecified atom stereocenters. The molecule has 1 N–H and O–H groups in total. The second-order valence-corrected chi connectivity index (χ2v) is 3.14. The van der Waals surface area contributed by atoms with Crippen LogP contribution < -0.4 is 0 Å². The zero-order chi connectivity index (χ0) is 15.0. The van der Waals surface area contributed by atoms with Gasteiger partial charge in [0, 0.05) is 0 Å². The van der Waals surface area contributed by atoms with Crippen molar-refractivity contribution < 1.29 is 36.8 Å². The fraction of sp³-hybridized carbons (Fsp3) is 0.250. The van der Waals surface area contributed by atoms with Crippen molar-refractivity contribution in [2.75, 3.05) is 0 Å². The van der Waals surface area contributed by atoms with Gasteiger partial charge in [-0.15, -0.1) is 0 Å². The van der Waals surface area contributed by atoms with Crippen molar-refractivity contribution >= 4 is 11.7 Å². The molecule has 0 aliphatic rings. The molecule has 0 radical (unpaired) electrons. The van der Waals surface area contributed by atoms with Crippen molar-refractivity contribution in [3.63, 3.8) is 0 Å². The molecule has 0 atom stereocenters. The van der Waals surface area contributed by atoms with Crippen LogP contribution in [0.5, 0.6) is 0 Å². The number of carbonyl (C=O) groups is 1. The number of carboxylic acids is 1. The van der Waals surface area contributed by atoms with E-state index in [1.54, 1.807) is 0 Å². The summed E-state index contributed by atoms with van der Waals surface area (Å²) in [5.41, 5.74) is -7.63. The van der Waals surface area contributed by atoms with Gasteiger partial charge in [-0.1, -0.05) is 0 Å². The molecule has 0 amide bonds. The number of nitrogens with zero attached hydrogens (tertiary/aromatic N) is 2. The SMILES string of the molecule is O=C(O)c1ncc([N+](=O)[O-])c(C(F)F)c1C(F)(F)F. The van der Waals surface area contributed by atoms with E-state index in [1.165, 1.54) is 0 Å². The number of aromatic nitrogens is 1. The Morgan fingerprint density at radius 3 is 2.26 bits per heavy atom. The number of halogens is 5. The van der Waals surface area contributed by atoms with Gasteiger partial charge in [-0.2, -0.15) is 13.2 Å². The summed E-state index contributed by atoms with van der Waals surface area (Å²) in [6, 6.07) is 0. The highest BCUT2D eigenvalue weighted by Gasteiger charge is 2.44. The van der Waals surface area contributed by atoms with Gasteiger partial charge in [0.15, 0.2) is 5.69 Å². The molecule has 0 bridgehead atoms. The van der Waals surface area contributed by atoms with Gasteiger partial charge in [-0.3, -0.25) is 10.1 Å². The molecule has 0 spiro atoms. The molecule has 11 heteroatoms. The van der Waals surface area contributed by atoms with Crippen molar-refractivity contribution in [2.24, 2.45) is 0 Å². The Morgan fingerprint density at radius 2 is 1.95 bits per heavy atom. The maximum atomic E-state index is 12.6. The highest BCUT2D eigenvalue weighted by Crippen LogP contribution is 2.42. The zero-order valence-electron chi connectivity index (χ0n) is 8.61. The van der Waals surface area contributed by atoms with Crippen LogP contribution in [0.1, 0.15) is 28.0 Å². The van der Waals surface area contributed by atoms with Crippen molar-refractivity contribution in [1.82, 2.24) is 4.98 Å². The van der Waals surface area contributed by atoms with Crippen molar-refractivity contribution in [3.8, 4) is 0 Å². The van der Waals surface area contributed by atoms with Crippen LogP contribution in [-0.2, 0) is 6.18 Å². The summed E-state index contributed by atoms with van der Waals surface area (Å²) < 4.78 is 63.0. The van der Waals surface area contributed by atoms with E-state index in [0.29, 0.717) is 0 Å². The molecule has 0 aliphatic carbocycles. The third-order valence-electron chi connectivity index (χ3n) is 2.00. The smallest absolute Gasteiger partial charge is 0.419 e. The third kappa shape index (κ3) is 2.74. The highest BCUT2D eigenvalue weighted by atomic mass is 19.4. The van der Waals surface area contributed by atoms with Gasteiger partial charge in [0.25, 0.3) is 12.1 Å². The predicted octanol–water partition coefficient (Wildman–Crippen LogP) is 2.64. The number of alkyl halides is 5. The maximum absolute atomic E-state index is 12.6. The van der Waals surface area contributed by atoms with Crippen molar-refractivity contribution in [1.29, 1.82) is 0 Å². The first kappa shape index (κ1) is 14.7. The minimum Gasteiger partial charge on any atom is -0.476 e. The summed E-state index contributed by atoms with van der Waals surface area (Å²) >= 11 is 0. The Bertz CT molecular complexity index is 543. The van der Waals surface area contributed by atoms with Gasteiger partial charge >= 0.3 is 12.1 Å². The topological polar surface area (TPSA) is 93.3 Å². The number of hydrogen-bond acceptors (Lipinski definition) is 4. The molecule has 0 fully saturated rings. The van der Waals surface area contributed by atoms with Crippen LogP contribution in [0.25, 0.3) is 0 Å². The Kier molecular flexibility index (Phi) is 3.68. The fourth-order valence-electron chi connectivity index (χ4n) is 1.33. The molecular weight excluding hydrogens is 283 g/mol. The quantitative estimate of drug-likeness (QED) is 0.523. The Balaban J connectivity index is 3.82. The minimum absolute atomic E-state index is 0.0557. The summed E-state index contributed by atoms with van der Waals surface area (Å²) in [4.78, 5) is 22.2. The van der Waals surface area contributed by atoms with Gasteiger partial charge in [0.05, 0.1) is 4.92 Å². The van der Waals surface area contributed by atoms with Crippen LogP contribution in [-0.4, -0.2) is 21.0 Å². The van der Waals surface area contributed by atoms with E-state index in [-0.39, 0.29) is 6.20 Å². The summed E-state index contributed by atoms with van der Waals surface area (Å²) in [6.07, 6.45) is -9.34. The van der Waals surface area contributed by atoms with Crippen LogP contribution >= 0.6 is 0 Å². The minimum atomic E-state index is -5.52. The standard InChI is InChI=1S/C8H3F5N2O4/c9-6(10)3-2(15(18)19)1-14-5(7(16)17)4(3)8(11,12)13/h1,6H,(H,16,17). The molecule has 1 aromatic heterocycles. The van der Waals surface area contributed by atoms with Crippen LogP contribution in [0, 0.1) is 10.1 Å². The normalized spacial score (nSPS) is 11.7. The lowest BCUT2D eigenvalue weighted by molar-refractivity contribution is -0.386. The molecule has 0 aliphatic heterocycles. The first-order valence-electron chi connectivity index (χ1n) is 4.33. The number of carboxylic acid groups (broad SMARTS) is 1. The van der Waals surface area contributed by atoms with Crippen molar-refractivity contribution in [3.05, 3.63) is 33.1 Å². The maximum Gasteiger partial charge on any atom is 0.419 e. The Labute approximate surface area is 100 Å². The van der Waals surface area contributed by atoms with E-state index in [2.05, 4.69) is 4.98 Å². The second-order valence-electron chi connectivity index (χ2n) is 3.14. The molecule has 19 heavy (non-hydrogen) atoms. The Morgan fingerprint density at radius 1 is 1.42 bits per heavy atom.